The Morgan fingerprint density at radius 2 is 2.20 bits per heavy atom. The Morgan fingerprint density at radius 1 is 1.35 bits per heavy atom. The number of ether oxygens (including phenoxy) is 1. The number of nitrogens with zero attached hydrogens (tertiary/aromatic N) is 3. The third kappa shape index (κ3) is 3.08. The first-order valence-corrected chi connectivity index (χ1v) is 7.02. The molecule has 106 valence electrons. The topological polar surface area (TPSA) is 75.7 Å². The Kier molecular flexibility index (Phi) is 4.13. The molecule has 7 heteroatoms. The smallest absolute Gasteiger partial charge is 0.222 e. The zero-order valence-electron chi connectivity index (χ0n) is 10.9. The van der Waals surface area contributed by atoms with Crippen LogP contribution in [0, 0.1) is 5.92 Å². The summed E-state index contributed by atoms with van der Waals surface area (Å²) in [6, 6.07) is 0. The molecule has 0 bridgehead atoms. The van der Waals surface area contributed by atoms with E-state index in [1.807, 2.05) is 12.4 Å². The second-order valence-corrected chi connectivity index (χ2v) is 5.27. The van der Waals surface area contributed by atoms with Crippen molar-refractivity contribution in [2.75, 3.05) is 18.5 Å². The molecular weight excluding hydrogens is 278 g/mol. The maximum atomic E-state index is 5.88. The highest BCUT2D eigenvalue weighted by atomic mass is 35.5. The summed E-state index contributed by atoms with van der Waals surface area (Å²) in [5, 5.41) is 10.6. The Bertz CT molecular complexity index is 530. The van der Waals surface area contributed by atoms with Crippen molar-refractivity contribution in [2.24, 2.45) is 5.92 Å². The third-order valence-electron chi connectivity index (χ3n) is 3.44. The Balaban J connectivity index is 1.64. The summed E-state index contributed by atoms with van der Waals surface area (Å²) in [5.74, 6) is 0.964. The molecule has 2 atom stereocenters. The molecule has 20 heavy (non-hydrogen) atoms. The van der Waals surface area contributed by atoms with Crippen LogP contribution in [0.1, 0.15) is 24.5 Å². The second kappa shape index (κ2) is 6.19. The fourth-order valence-electron chi connectivity index (χ4n) is 2.46. The third-order valence-corrected chi connectivity index (χ3v) is 3.63. The first-order valence-electron chi connectivity index (χ1n) is 6.64. The average Bonchev–Trinajstić information content (AvgIpc) is 3.01. The monoisotopic (exact) mass is 293 g/mol. The number of nitrogens with one attached hydrogen (secondary N) is 2. The summed E-state index contributed by atoms with van der Waals surface area (Å²) in [6.07, 6.45) is 9.13. The van der Waals surface area contributed by atoms with Gasteiger partial charge in [-0.2, -0.15) is 5.10 Å². The van der Waals surface area contributed by atoms with Crippen molar-refractivity contribution in [3.63, 3.8) is 0 Å². The van der Waals surface area contributed by atoms with Crippen LogP contribution in [0.25, 0.3) is 0 Å². The van der Waals surface area contributed by atoms with Gasteiger partial charge in [-0.3, -0.25) is 5.10 Å². The quantitative estimate of drug-likeness (QED) is 0.905. The minimum absolute atomic E-state index is 0.0716. The van der Waals surface area contributed by atoms with E-state index in [1.54, 1.807) is 12.4 Å². The average molecular weight is 294 g/mol. The molecule has 1 aliphatic heterocycles. The summed E-state index contributed by atoms with van der Waals surface area (Å²) in [4.78, 5) is 8.27. The van der Waals surface area contributed by atoms with Crippen molar-refractivity contribution < 1.29 is 4.74 Å². The van der Waals surface area contributed by atoms with Crippen molar-refractivity contribution in [1.82, 2.24) is 20.2 Å². The highest BCUT2D eigenvalue weighted by Crippen LogP contribution is 2.33. The van der Waals surface area contributed by atoms with Crippen LogP contribution in [0.15, 0.2) is 24.8 Å². The number of rotatable bonds is 4. The van der Waals surface area contributed by atoms with Crippen molar-refractivity contribution >= 4 is 17.5 Å². The molecule has 2 aromatic heterocycles. The van der Waals surface area contributed by atoms with E-state index >= 15 is 0 Å². The predicted molar refractivity (Wildman–Crippen MR) is 75.5 cm³/mol. The molecule has 0 aliphatic carbocycles. The molecule has 1 aliphatic rings. The van der Waals surface area contributed by atoms with Crippen LogP contribution in [0.3, 0.4) is 0 Å². The van der Waals surface area contributed by atoms with Gasteiger partial charge in [0.2, 0.25) is 5.95 Å². The summed E-state index contributed by atoms with van der Waals surface area (Å²) in [6.45, 7) is 1.56. The van der Waals surface area contributed by atoms with E-state index in [1.165, 1.54) is 0 Å². The van der Waals surface area contributed by atoms with E-state index < -0.39 is 0 Å². The van der Waals surface area contributed by atoms with Crippen LogP contribution in [0.2, 0.25) is 5.02 Å². The van der Waals surface area contributed by atoms with Crippen LogP contribution in [-0.4, -0.2) is 33.3 Å². The minimum Gasteiger partial charge on any atom is -0.373 e. The maximum Gasteiger partial charge on any atom is 0.222 e. The molecule has 3 rings (SSSR count). The Morgan fingerprint density at radius 3 is 2.95 bits per heavy atom. The van der Waals surface area contributed by atoms with Crippen LogP contribution in [-0.2, 0) is 4.74 Å². The van der Waals surface area contributed by atoms with Gasteiger partial charge < -0.3 is 10.1 Å². The molecule has 2 aromatic rings. The lowest BCUT2D eigenvalue weighted by molar-refractivity contribution is -0.0238. The molecule has 0 aromatic carbocycles. The van der Waals surface area contributed by atoms with Gasteiger partial charge in [-0.05, 0) is 12.8 Å². The first kappa shape index (κ1) is 13.3. The molecule has 0 radical (unpaired) electrons. The molecule has 1 saturated heterocycles. The lowest BCUT2D eigenvalue weighted by Crippen LogP contribution is -2.28. The van der Waals surface area contributed by atoms with E-state index in [-0.39, 0.29) is 6.10 Å². The fourth-order valence-corrected chi connectivity index (χ4v) is 2.56. The number of H-pyrrole nitrogens is 1. The number of aromatic amines is 1. The Hall–Kier alpha value is -1.66. The van der Waals surface area contributed by atoms with Crippen molar-refractivity contribution in [1.29, 1.82) is 0 Å². The number of halogens is 1. The molecule has 1 fully saturated rings. The van der Waals surface area contributed by atoms with E-state index in [2.05, 4.69) is 25.5 Å². The largest absolute Gasteiger partial charge is 0.373 e. The number of hydrogen-bond acceptors (Lipinski definition) is 5. The molecule has 0 spiro atoms. The van der Waals surface area contributed by atoms with Gasteiger partial charge in [-0.1, -0.05) is 11.6 Å². The number of anilines is 1. The van der Waals surface area contributed by atoms with E-state index in [0.29, 0.717) is 16.9 Å². The van der Waals surface area contributed by atoms with Crippen molar-refractivity contribution in [3.05, 3.63) is 35.4 Å². The minimum atomic E-state index is 0.0716. The van der Waals surface area contributed by atoms with Gasteiger partial charge in [0.1, 0.15) is 0 Å². The van der Waals surface area contributed by atoms with Crippen LogP contribution in [0.5, 0.6) is 0 Å². The molecule has 0 saturated carbocycles. The van der Waals surface area contributed by atoms with Crippen LogP contribution >= 0.6 is 11.6 Å². The van der Waals surface area contributed by atoms with Gasteiger partial charge >= 0.3 is 0 Å². The van der Waals surface area contributed by atoms with E-state index in [9.17, 15) is 0 Å². The van der Waals surface area contributed by atoms with Gasteiger partial charge in [0.15, 0.2) is 0 Å². The SMILES string of the molecule is Clc1cnc(NC[C@@H]2CCCO[C@H]2c2cn[nH]c2)nc1. The number of hydrogen-bond donors (Lipinski definition) is 2. The van der Waals surface area contributed by atoms with Gasteiger partial charge in [-0.15, -0.1) is 0 Å². The first-order chi connectivity index (χ1) is 9.83. The van der Waals surface area contributed by atoms with E-state index in [4.69, 9.17) is 16.3 Å². The van der Waals surface area contributed by atoms with E-state index in [0.717, 1.165) is 31.6 Å². The summed E-state index contributed by atoms with van der Waals surface area (Å²) in [7, 11) is 0. The van der Waals surface area contributed by atoms with Crippen molar-refractivity contribution in [2.45, 2.75) is 18.9 Å². The van der Waals surface area contributed by atoms with Gasteiger partial charge in [0.25, 0.3) is 0 Å². The fraction of sp³-hybridized carbons (Fsp3) is 0.462. The zero-order valence-corrected chi connectivity index (χ0v) is 11.7. The molecule has 6 nitrogen and oxygen atoms in total. The lowest BCUT2D eigenvalue weighted by atomic mass is 9.91. The summed E-state index contributed by atoms with van der Waals surface area (Å²) < 4.78 is 5.88. The van der Waals surface area contributed by atoms with Gasteiger partial charge in [-0.25, -0.2) is 9.97 Å². The standard InChI is InChI=1S/C13H16ClN5O/c14-11-7-16-13(17-8-11)15-4-9-2-1-3-20-12(9)10-5-18-19-6-10/h5-9,12H,1-4H2,(H,18,19)(H,15,16,17)/t9-,12+/m0/s1. The van der Waals surface area contributed by atoms with Gasteiger partial charge in [0.05, 0.1) is 29.7 Å². The highest BCUT2D eigenvalue weighted by Gasteiger charge is 2.28. The molecule has 3 heterocycles. The van der Waals surface area contributed by atoms with Crippen LogP contribution < -0.4 is 5.32 Å². The summed E-state index contributed by atoms with van der Waals surface area (Å²) in [5.41, 5.74) is 1.09. The molecular formula is C13H16ClN5O. The van der Waals surface area contributed by atoms with Gasteiger partial charge in [0, 0.05) is 30.8 Å². The molecule has 0 amide bonds. The number of aromatic nitrogens is 4. The van der Waals surface area contributed by atoms with Crippen molar-refractivity contribution in [3.8, 4) is 0 Å². The molecule has 2 N–H and O–H groups in total. The Labute approximate surface area is 121 Å². The maximum absolute atomic E-state index is 5.88. The lowest BCUT2D eigenvalue weighted by Gasteiger charge is -2.31. The summed E-state index contributed by atoms with van der Waals surface area (Å²) >= 11 is 5.77. The van der Waals surface area contributed by atoms with Crippen LogP contribution in [0.4, 0.5) is 5.95 Å². The molecule has 0 unspecified atom stereocenters. The highest BCUT2D eigenvalue weighted by molar-refractivity contribution is 6.30. The normalized spacial score (nSPS) is 22.6. The second-order valence-electron chi connectivity index (χ2n) is 4.83. The zero-order chi connectivity index (χ0) is 13.8. The predicted octanol–water partition coefficient (Wildman–Crippen LogP) is 2.43.